The molecule has 0 aromatic rings. The molecule has 11 heteroatoms. The Morgan fingerprint density at radius 3 is 1.00 bits per heavy atom. The van der Waals surface area contributed by atoms with Crippen LogP contribution in [0.4, 0.5) is 0 Å². The summed E-state index contributed by atoms with van der Waals surface area (Å²) < 4.78 is 8.88. The van der Waals surface area contributed by atoms with Gasteiger partial charge in [-0.2, -0.15) is 0 Å². The van der Waals surface area contributed by atoms with Gasteiger partial charge in [-0.3, -0.25) is 0 Å². The fraction of sp³-hybridized carbons (Fsp3) is 0. The van der Waals surface area contributed by atoms with E-state index in [-0.39, 0.29) is 112 Å². The third kappa shape index (κ3) is 154. The molecule has 0 amide bonds. The summed E-state index contributed by atoms with van der Waals surface area (Å²) in [7, 11) is -4.64. The van der Waals surface area contributed by atoms with Gasteiger partial charge in [-0.1, -0.05) is 0 Å². The van der Waals surface area contributed by atoms with Crippen molar-refractivity contribution in [3.05, 3.63) is 0 Å². The third-order valence-electron chi connectivity index (χ3n) is 0. The number of rotatable bonds is 0. The summed E-state index contributed by atoms with van der Waals surface area (Å²) in [5, 5.41) is 0. The summed E-state index contributed by atoms with van der Waals surface area (Å²) >= 11 is 0. The van der Waals surface area contributed by atoms with Crippen LogP contribution in [0.3, 0.4) is 0 Å². The van der Waals surface area contributed by atoms with Crippen LogP contribution in [0, 0.1) is 0 Å². The molecule has 0 bridgehead atoms. The number of phosphoric acid groups is 1. The Kier molecular flexibility index (Phi) is 100. The first-order chi connectivity index (χ1) is 2.00. The molecule has 0 unspecified atom stereocenters. The summed E-state index contributed by atoms with van der Waals surface area (Å²) in [6.45, 7) is 0. The van der Waals surface area contributed by atoms with Crippen LogP contribution in [-0.2, 0) is 38.7 Å². The van der Waals surface area contributed by atoms with Crippen LogP contribution in [0.15, 0.2) is 0 Å². The van der Waals surface area contributed by atoms with Crippen molar-refractivity contribution in [2.45, 2.75) is 0 Å². The maximum absolute atomic E-state index is 8.88. The molecule has 69 valence electrons. The van der Waals surface area contributed by atoms with Gasteiger partial charge in [0.05, 0.1) is 0 Å². The molecule has 0 aromatic carbocycles. The van der Waals surface area contributed by atoms with Gasteiger partial charge in [0.25, 0.3) is 0 Å². The molecule has 0 saturated carbocycles. The topological polar surface area (TPSA) is 141 Å². The average Bonchev–Trinajstić information content (AvgIpc) is 0.722. The summed E-state index contributed by atoms with van der Waals surface area (Å²) in [6, 6.07) is 0. The first-order valence-electron chi connectivity index (χ1n) is 0.783. The van der Waals surface area contributed by atoms with Crippen molar-refractivity contribution < 1.29 is 64.3 Å². The summed E-state index contributed by atoms with van der Waals surface area (Å²) in [4.78, 5) is 21.6. The quantitative estimate of drug-likeness (QED) is 0.308. The molecule has 0 aliphatic rings. The van der Waals surface area contributed by atoms with E-state index in [2.05, 4.69) is 0 Å². The van der Waals surface area contributed by atoms with Crippen molar-refractivity contribution in [3.63, 3.8) is 0 Å². The zero-order valence-corrected chi connectivity index (χ0v) is 7.11. The van der Waals surface area contributed by atoms with Gasteiger partial charge >= 0.3 is 75.1 Å². The second kappa shape index (κ2) is 23.3. The molecule has 0 fully saturated rings. The van der Waals surface area contributed by atoms with Gasteiger partial charge in [-0.05, 0) is 0 Å². The van der Waals surface area contributed by atoms with E-state index >= 15 is 0 Å². The molecule has 7 N–H and O–H groups in total. The summed E-state index contributed by atoms with van der Waals surface area (Å²) in [5.41, 5.74) is 0. The molecule has 0 aromatic heterocycles. The van der Waals surface area contributed by atoms with Crippen molar-refractivity contribution in [1.29, 1.82) is 0 Å². The van der Waals surface area contributed by atoms with Crippen molar-refractivity contribution in [3.8, 4) is 0 Å². The van der Waals surface area contributed by atoms with Gasteiger partial charge in [-0.25, -0.2) is 4.57 Å². The molecule has 6 nitrogen and oxygen atoms in total. The Morgan fingerprint density at radius 1 is 1.00 bits per heavy atom. The van der Waals surface area contributed by atoms with Crippen molar-refractivity contribution in [2.24, 2.45) is 0 Å². The summed E-state index contributed by atoms with van der Waals surface area (Å²) in [6.07, 6.45) is 0. The Balaban J connectivity index is -0.00000000533. The second-order valence-electron chi connectivity index (χ2n) is 0.513. The molecule has 1 radical (unpaired) electrons. The number of hydrogen-bond donors (Lipinski definition) is 3. The van der Waals surface area contributed by atoms with Crippen LogP contribution in [0.25, 0.3) is 0 Å². The van der Waals surface area contributed by atoms with E-state index in [1.54, 1.807) is 0 Å². The van der Waals surface area contributed by atoms with E-state index < -0.39 is 7.82 Å². The fourth-order valence-electron chi connectivity index (χ4n) is 0. The first kappa shape index (κ1) is 47.4. The third-order valence-corrected chi connectivity index (χ3v) is 0. The summed E-state index contributed by atoms with van der Waals surface area (Å²) in [5.74, 6) is 0. The van der Waals surface area contributed by atoms with Crippen LogP contribution in [0.1, 0.15) is 0 Å². The zero-order chi connectivity index (χ0) is 4.50. The van der Waals surface area contributed by atoms with Crippen molar-refractivity contribution in [1.82, 2.24) is 0 Å². The Bertz CT molecular complexity index is 68.7. The fourth-order valence-corrected chi connectivity index (χ4v) is 0. The first-order valence-corrected chi connectivity index (χ1v) is 2.35. The van der Waals surface area contributed by atoms with Gasteiger partial charge in [0, 0.05) is 34.1 Å². The van der Waals surface area contributed by atoms with Crippen LogP contribution in [0.2, 0.25) is 0 Å². The van der Waals surface area contributed by atoms with Gasteiger partial charge in [0.1, 0.15) is 0 Å². The predicted molar refractivity (Wildman–Crippen MR) is 37.2 cm³/mol. The van der Waals surface area contributed by atoms with Crippen LogP contribution < -0.4 is 0 Å². The Hall–Kier alpha value is 3.33. The van der Waals surface area contributed by atoms with E-state index in [1.807, 2.05) is 0 Å². The van der Waals surface area contributed by atoms with Gasteiger partial charge in [0.15, 0.2) is 0 Å². The van der Waals surface area contributed by atoms with Gasteiger partial charge in [0.2, 0.25) is 0 Å². The van der Waals surface area contributed by atoms with Gasteiger partial charge in [-0.15, -0.1) is 0 Å². The second-order valence-corrected chi connectivity index (χ2v) is 1.54. The average molecular weight is 311 g/mol. The van der Waals surface area contributed by atoms with Crippen LogP contribution in [0.5, 0.6) is 0 Å². The van der Waals surface area contributed by atoms with Gasteiger partial charge < -0.3 is 25.6 Å². The minimum atomic E-state index is -4.64. The number of hydrogen-bond acceptors (Lipinski definition) is 1. The molecule has 11 heavy (non-hydrogen) atoms. The molecule has 0 heterocycles. The standard InChI is InChI=1S/Ca.Fe.Mn.Na.H3O4P.2H2O.3H/c;;;;1-5(2,3)4;;;;;/h;;;;(H3,1,2,3,4);2*1H2;;;. The maximum atomic E-state index is 8.88. The van der Waals surface area contributed by atoms with E-state index in [9.17, 15) is 0 Å². The minimum absolute atomic E-state index is 0. The van der Waals surface area contributed by atoms with E-state index in [0.717, 1.165) is 0 Å². The molecule has 0 saturated heterocycles. The monoisotopic (exact) mass is 311 g/mol. The Labute approximate surface area is 137 Å². The molecule has 0 spiro atoms. The van der Waals surface area contributed by atoms with E-state index in [0.29, 0.717) is 0 Å². The van der Waals surface area contributed by atoms with Crippen LogP contribution in [-0.4, -0.2) is 92.9 Å². The van der Waals surface area contributed by atoms with E-state index in [4.69, 9.17) is 19.2 Å². The SMILES string of the molecule is O.O.O=P(O)(O)O.[CaH2].[Fe].[Mn].[NaH]. The molecular weight excluding hydrogens is 301 g/mol. The van der Waals surface area contributed by atoms with Crippen LogP contribution >= 0.6 is 7.82 Å². The molecular formula is H10CaFeMnNaO6P. The molecule has 0 aliphatic heterocycles. The predicted octanol–water partition coefficient (Wildman–Crippen LogP) is -4.15. The van der Waals surface area contributed by atoms with E-state index in [1.165, 1.54) is 0 Å². The molecule has 0 aliphatic carbocycles. The molecule has 0 atom stereocenters. The zero-order valence-electron chi connectivity index (χ0n) is 3.93. The Morgan fingerprint density at radius 2 is 1.00 bits per heavy atom. The van der Waals surface area contributed by atoms with Crippen molar-refractivity contribution in [2.75, 3.05) is 0 Å². The normalized spacial score (nSPS) is 5.36. The van der Waals surface area contributed by atoms with Crippen molar-refractivity contribution >= 4 is 75.1 Å². The molecule has 0 rings (SSSR count).